The van der Waals surface area contributed by atoms with Gasteiger partial charge in [0.1, 0.15) is 16.8 Å². The first-order valence-corrected chi connectivity index (χ1v) is 10.5. The zero-order valence-corrected chi connectivity index (χ0v) is 17.9. The molecule has 1 heterocycles. The van der Waals surface area contributed by atoms with E-state index >= 15 is 0 Å². The van der Waals surface area contributed by atoms with Crippen LogP contribution in [0.5, 0.6) is 0 Å². The molecule has 9 nitrogen and oxygen atoms in total. The minimum Gasteiger partial charge on any atom is -0.391 e. The smallest absolute Gasteiger partial charge is 0.391 e. The van der Waals surface area contributed by atoms with Gasteiger partial charge < -0.3 is 15.7 Å². The van der Waals surface area contributed by atoms with Gasteiger partial charge >= 0.3 is 6.18 Å². The Morgan fingerprint density at radius 1 is 1.33 bits per heavy atom. The lowest BCUT2D eigenvalue weighted by molar-refractivity contribution is -0.139. The quantitative estimate of drug-likeness (QED) is 0.464. The summed E-state index contributed by atoms with van der Waals surface area (Å²) >= 11 is 3.22. The number of halogens is 4. The van der Waals surface area contributed by atoms with Gasteiger partial charge in [-0.15, -0.1) is 0 Å². The van der Waals surface area contributed by atoms with E-state index in [1.807, 2.05) is 0 Å². The van der Waals surface area contributed by atoms with Gasteiger partial charge in [0.15, 0.2) is 0 Å². The van der Waals surface area contributed by atoms with Crippen LogP contribution in [0.3, 0.4) is 0 Å². The summed E-state index contributed by atoms with van der Waals surface area (Å²) in [5.74, 6) is 0.109. The van der Waals surface area contributed by atoms with Crippen LogP contribution in [0.2, 0.25) is 0 Å². The number of aliphatic hydroxyl groups excluding tert-OH is 1. The molecule has 0 unspecified atom stereocenters. The van der Waals surface area contributed by atoms with Crippen molar-refractivity contribution in [3.8, 4) is 6.07 Å². The van der Waals surface area contributed by atoms with Crippen molar-refractivity contribution in [1.82, 2.24) is 9.97 Å². The summed E-state index contributed by atoms with van der Waals surface area (Å²) in [4.78, 5) is 6.72. The van der Waals surface area contributed by atoms with E-state index in [9.17, 15) is 26.7 Å². The summed E-state index contributed by atoms with van der Waals surface area (Å²) < 4.78 is 64.0. The van der Waals surface area contributed by atoms with Gasteiger partial charge in [0.25, 0.3) is 0 Å². The first kappa shape index (κ1) is 23.8. The molecule has 0 radical (unpaired) electrons. The average Bonchev–Trinajstić information content (AvgIpc) is 2.61. The summed E-state index contributed by atoms with van der Waals surface area (Å²) in [5, 5.41) is 29.1. The van der Waals surface area contributed by atoms with Crippen molar-refractivity contribution in [2.75, 3.05) is 10.6 Å². The van der Waals surface area contributed by atoms with Crippen LogP contribution >= 0.6 is 15.9 Å². The molecule has 1 aromatic heterocycles. The van der Waals surface area contributed by atoms with Crippen LogP contribution in [0.4, 0.5) is 30.6 Å². The van der Waals surface area contributed by atoms with Gasteiger partial charge in [-0.1, -0.05) is 0 Å². The molecule has 0 amide bonds. The maximum Gasteiger partial charge on any atom is 0.417 e. The molecule has 0 aliphatic carbocycles. The molecule has 0 fully saturated rings. The number of aliphatic hydroxyl groups is 1. The molecular weight excluding hydrogens is 493 g/mol. The topological polar surface area (TPSA) is 154 Å². The molecule has 5 N–H and O–H groups in total. The number of benzene rings is 1. The minimum absolute atomic E-state index is 0.140. The van der Waals surface area contributed by atoms with Crippen LogP contribution in [0.15, 0.2) is 27.7 Å². The predicted molar refractivity (Wildman–Crippen MR) is 105 cm³/mol. The standard InChI is InChI=1S/C16H16BrF3N6O3S/c1-7(8(2)27)24-14-12(17)6-23-15(26-14)25-10-3-9(5-21)13(30(22,28)29)11(4-10)16(18,19)20/h3-4,6-8,27H,1-2H3,(H2,22,28,29)(H2,23,24,25,26)/t7-,8-/m1/s1. The summed E-state index contributed by atoms with van der Waals surface area (Å²) in [5.41, 5.74) is -2.65. The van der Waals surface area contributed by atoms with E-state index in [2.05, 4.69) is 36.5 Å². The highest BCUT2D eigenvalue weighted by atomic mass is 79.9. The van der Waals surface area contributed by atoms with Crippen LogP contribution in [0.25, 0.3) is 0 Å². The molecule has 0 spiro atoms. The number of primary sulfonamides is 1. The van der Waals surface area contributed by atoms with Crippen molar-refractivity contribution in [1.29, 1.82) is 5.26 Å². The van der Waals surface area contributed by atoms with E-state index < -0.39 is 44.4 Å². The molecule has 0 saturated carbocycles. The molecule has 14 heteroatoms. The van der Waals surface area contributed by atoms with Crippen LogP contribution in [0, 0.1) is 11.3 Å². The number of nitrogens with one attached hydrogen (secondary N) is 2. The summed E-state index contributed by atoms with van der Waals surface area (Å²) in [6, 6.07) is 2.40. The Hall–Kier alpha value is -2.47. The Morgan fingerprint density at radius 3 is 2.47 bits per heavy atom. The Kier molecular flexibility index (Phi) is 6.92. The van der Waals surface area contributed by atoms with Crippen LogP contribution in [-0.4, -0.2) is 35.6 Å². The molecule has 2 aromatic rings. The number of hydrogen-bond acceptors (Lipinski definition) is 8. The van der Waals surface area contributed by atoms with E-state index in [-0.39, 0.29) is 17.5 Å². The van der Waals surface area contributed by atoms with Gasteiger partial charge in [-0.25, -0.2) is 18.5 Å². The summed E-state index contributed by atoms with van der Waals surface area (Å²) in [7, 11) is -4.82. The Bertz CT molecular complexity index is 1100. The second-order valence-electron chi connectivity index (χ2n) is 6.24. The molecule has 0 aliphatic heterocycles. The van der Waals surface area contributed by atoms with E-state index in [0.29, 0.717) is 10.5 Å². The van der Waals surface area contributed by atoms with E-state index in [0.717, 1.165) is 6.07 Å². The number of aromatic nitrogens is 2. The zero-order chi connectivity index (χ0) is 22.9. The molecule has 2 rings (SSSR count). The van der Waals surface area contributed by atoms with Crippen molar-refractivity contribution in [3.63, 3.8) is 0 Å². The molecule has 0 aliphatic rings. The van der Waals surface area contributed by atoms with E-state index in [1.165, 1.54) is 12.3 Å². The molecule has 1 aromatic carbocycles. The van der Waals surface area contributed by atoms with E-state index in [4.69, 9.17) is 10.4 Å². The van der Waals surface area contributed by atoms with Crippen molar-refractivity contribution < 1.29 is 26.7 Å². The van der Waals surface area contributed by atoms with Crippen LogP contribution in [-0.2, 0) is 16.2 Å². The fourth-order valence-electron chi connectivity index (χ4n) is 2.30. The van der Waals surface area contributed by atoms with Gasteiger partial charge in [-0.3, -0.25) is 0 Å². The number of nitrogens with two attached hydrogens (primary N) is 1. The second kappa shape index (κ2) is 8.72. The largest absolute Gasteiger partial charge is 0.417 e. The van der Waals surface area contributed by atoms with Crippen LogP contribution < -0.4 is 15.8 Å². The normalized spacial score (nSPS) is 14.0. The van der Waals surface area contributed by atoms with Crippen molar-refractivity contribution in [2.45, 2.75) is 37.1 Å². The number of nitriles is 1. The average molecular weight is 509 g/mol. The molecule has 162 valence electrons. The highest BCUT2D eigenvalue weighted by Crippen LogP contribution is 2.38. The monoisotopic (exact) mass is 508 g/mol. The molecule has 0 saturated heterocycles. The first-order valence-electron chi connectivity index (χ1n) is 8.16. The SMILES string of the molecule is C[C@@H](O)[C@@H](C)Nc1nc(Nc2cc(C#N)c(S(N)(=O)=O)c(C(F)(F)F)c2)ncc1Br. The lowest BCUT2D eigenvalue weighted by Crippen LogP contribution is -2.28. The van der Waals surface area contributed by atoms with Crippen molar-refractivity contribution in [3.05, 3.63) is 33.9 Å². The fourth-order valence-corrected chi connectivity index (χ4v) is 3.49. The maximum atomic E-state index is 13.4. The first-order chi connectivity index (χ1) is 13.7. The number of anilines is 3. The molecular formula is C16H16BrF3N6O3S. The van der Waals surface area contributed by atoms with E-state index in [1.54, 1.807) is 13.8 Å². The number of sulfonamides is 1. The Morgan fingerprint density at radius 2 is 1.97 bits per heavy atom. The lowest BCUT2D eigenvalue weighted by atomic mass is 10.1. The fraction of sp³-hybridized carbons (Fsp3) is 0.312. The van der Waals surface area contributed by atoms with Gasteiger partial charge in [-0.05, 0) is 41.9 Å². The molecule has 2 atom stereocenters. The third-order valence-electron chi connectivity index (χ3n) is 3.89. The number of hydrogen-bond donors (Lipinski definition) is 4. The summed E-state index contributed by atoms with van der Waals surface area (Å²) in [6.07, 6.45) is -4.49. The predicted octanol–water partition coefficient (Wildman–Crippen LogP) is 2.70. The van der Waals surface area contributed by atoms with Gasteiger partial charge in [0, 0.05) is 11.9 Å². The maximum absolute atomic E-state index is 13.4. The highest BCUT2D eigenvalue weighted by molar-refractivity contribution is 9.10. The lowest BCUT2D eigenvalue weighted by Gasteiger charge is -2.19. The highest BCUT2D eigenvalue weighted by Gasteiger charge is 2.38. The second-order valence-corrected chi connectivity index (χ2v) is 8.60. The zero-order valence-electron chi connectivity index (χ0n) is 15.5. The molecule has 0 bridgehead atoms. The Labute approximate surface area is 178 Å². The Balaban J connectivity index is 2.53. The number of nitrogens with zero attached hydrogens (tertiary/aromatic N) is 3. The van der Waals surface area contributed by atoms with Crippen molar-refractivity contribution >= 4 is 43.4 Å². The van der Waals surface area contributed by atoms with Gasteiger partial charge in [-0.2, -0.15) is 23.4 Å². The third kappa shape index (κ3) is 5.57. The van der Waals surface area contributed by atoms with Crippen molar-refractivity contribution in [2.24, 2.45) is 5.14 Å². The summed E-state index contributed by atoms with van der Waals surface area (Å²) in [6.45, 7) is 3.24. The third-order valence-corrected chi connectivity index (χ3v) is 5.48. The number of alkyl halides is 3. The van der Waals surface area contributed by atoms with Gasteiger partial charge in [0.05, 0.1) is 27.7 Å². The van der Waals surface area contributed by atoms with Gasteiger partial charge in [0.2, 0.25) is 16.0 Å². The minimum atomic E-state index is -5.09. The number of rotatable bonds is 6. The molecule has 30 heavy (non-hydrogen) atoms. The van der Waals surface area contributed by atoms with Crippen LogP contribution in [0.1, 0.15) is 25.0 Å².